The molecule has 8 aliphatic rings. The minimum absolute atomic E-state index is 0.0783. The van der Waals surface area contributed by atoms with E-state index < -0.39 is 91.4 Å². The fourth-order valence-electron chi connectivity index (χ4n) is 12.5. The molecular formula is C39H60O13. The maximum atomic E-state index is 11.3. The van der Waals surface area contributed by atoms with Crippen molar-refractivity contribution < 1.29 is 64.2 Å². The van der Waals surface area contributed by atoms with Crippen molar-refractivity contribution in [1.82, 2.24) is 0 Å². The van der Waals surface area contributed by atoms with Gasteiger partial charge < -0.3 is 64.2 Å². The minimum atomic E-state index is -1.66. The van der Waals surface area contributed by atoms with Crippen molar-refractivity contribution in [1.29, 1.82) is 0 Å². The largest absolute Gasteiger partial charge is 0.394 e. The normalized spacial score (nSPS) is 57.5. The van der Waals surface area contributed by atoms with Crippen molar-refractivity contribution in [3.8, 4) is 0 Å². The summed E-state index contributed by atoms with van der Waals surface area (Å²) in [6.07, 6.45) is -6.42. The van der Waals surface area contributed by atoms with Crippen molar-refractivity contribution >= 4 is 0 Å². The first-order valence-electron chi connectivity index (χ1n) is 19.6. The Morgan fingerprint density at radius 1 is 0.885 bits per heavy atom. The lowest BCUT2D eigenvalue weighted by Gasteiger charge is -2.60. The van der Waals surface area contributed by atoms with Gasteiger partial charge in [0, 0.05) is 24.2 Å². The second kappa shape index (κ2) is 13.6. The molecule has 4 heterocycles. The minimum Gasteiger partial charge on any atom is -0.394 e. The maximum absolute atomic E-state index is 11.3. The Balaban J connectivity index is 1.06. The highest BCUT2D eigenvalue weighted by Gasteiger charge is 2.69. The van der Waals surface area contributed by atoms with Crippen LogP contribution in [0.25, 0.3) is 0 Å². The zero-order chi connectivity index (χ0) is 37.1. The summed E-state index contributed by atoms with van der Waals surface area (Å²) in [6, 6.07) is 0. The van der Waals surface area contributed by atoms with Gasteiger partial charge in [-0.25, -0.2) is 0 Å². The smallest absolute Gasteiger partial charge is 0.187 e. The first kappa shape index (κ1) is 37.9. The van der Waals surface area contributed by atoms with Gasteiger partial charge in [0.15, 0.2) is 18.4 Å². The van der Waals surface area contributed by atoms with Gasteiger partial charge in [-0.3, -0.25) is 0 Å². The van der Waals surface area contributed by atoms with Gasteiger partial charge in [-0.2, -0.15) is 0 Å². The Hall–Kier alpha value is -1.04. The number of fused-ring (bicyclic) bond motifs is 7. The standard InChI is InChI=1S/C39H60O13/c1-17-8-11-39(47-16-17)18(2)28-25(52-39)14-24-22-7-6-20-12-21(41)13-27(38(20,5)23(22)9-10-37(24,28)4)50-36-34(32(45)30(43)26(15-40)49-36)51-35-33(46)31(44)29(42)19(3)48-35/h6,18-19,21-36,40-46H,1,7-16H2,2-5H3/t18-,19-,21+,22+,23-,24-,25-,26+,27+,28-,29-,30-,31+,32-,33+,34+,35-,36-,37-,38-,39+/m0/s1. The topological polar surface area (TPSA) is 197 Å². The van der Waals surface area contributed by atoms with E-state index in [0.29, 0.717) is 37.2 Å². The summed E-state index contributed by atoms with van der Waals surface area (Å²) in [5.74, 6) is 1.13. The van der Waals surface area contributed by atoms with Crippen LogP contribution < -0.4 is 0 Å². The number of ether oxygens (including phenoxy) is 6. The molecule has 1 spiro atoms. The Labute approximate surface area is 305 Å². The Morgan fingerprint density at radius 2 is 1.65 bits per heavy atom. The molecule has 0 unspecified atom stereocenters. The van der Waals surface area contributed by atoms with E-state index in [1.54, 1.807) is 0 Å². The zero-order valence-corrected chi connectivity index (χ0v) is 30.8. The van der Waals surface area contributed by atoms with Gasteiger partial charge in [-0.15, -0.1) is 0 Å². The molecule has 0 amide bonds. The number of aliphatic hydroxyl groups excluding tert-OH is 7. The average molecular weight is 737 g/mol. The van der Waals surface area contributed by atoms with Gasteiger partial charge in [0.2, 0.25) is 0 Å². The summed E-state index contributed by atoms with van der Waals surface area (Å²) in [7, 11) is 0. The van der Waals surface area contributed by atoms with E-state index >= 15 is 0 Å². The fraction of sp³-hybridized carbons (Fsp3) is 0.897. The monoisotopic (exact) mass is 736 g/mol. The highest BCUT2D eigenvalue weighted by Crippen LogP contribution is 2.71. The predicted molar refractivity (Wildman–Crippen MR) is 183 cm³/mol. The van der Waals surface area contributed by atoms with E-state index in [9.17, 15) is 35.7 Å². The maximum Gasteiger partial charge on any atom is 0.187 e. The van der Waals surface area contributed by atoms with Crippen LogP contribution in [0.2, 0.25) is 0 Å². The van der Waals surface area contributed by atoms with Gasteiger partial charge in [0.05, 0.1) is 37.6 Å². The average Bonchev–Trinajstić information content (AvgIpc) is 3.56. The van der Waals surface area contributed by atoms with Gasteiger partial charge in [0.1, 0.15) is 42.7 Å². The number of hydrogen-bond acceptors (Lipinski definition) is 13. The van der Waals surface area contributed by atoms with Crippen LogP contribution in [0.3, 0.4) is 0 Å². The van der Waals surface area contributed by atoms with Crippen LogP contribution in [0, 0.1) is 40.4 Å². The van der Waals surface area contributed by atoms with Gasteiger partial charge in [-0.05, 0) is 74.5 Å². The lowest BCUT2D eigenvalue weighted by molar-refractivity contribution is -0.374. The van der Waals surface area contributed by atoms with E-state index in [1.807, 2.05) is 0 Å². The molecule has 294 valence electrons. The van der Waals surface area contributed by atoms with Crippen LogP contribution in [0.15, 0.2) is 23.8 Å². The Morgan fingerprint density at radius 3 is 2.37 bits per heavy atom. The summed E-state index contributed by atoms with van der Waals surface area (Å²) in [4.78, 5) is 0. The van der Waals surface area contributed by atoms with Crippen molar-refractivity contribution in [3.05, 3.63) is 23.8 Å². The van der Waals surface area contributed by atoms with Crippen LogP contribution in [-0.2, 0) is 28.4 Å². The quantitative estimate of drug-likeness (QED) is 0.200. The van der Waals surface area contributed by atoms with Crippen molar-refractivity contribution in [3.63, 3.8) is 0 Å². The summed E-state index contributed by atoms with van der Waals surface area (Å²) >= 11 is 0. The third-order valence-corrected chi connectivity index (χ3v) is 15.4. The molecule has 13 nitrogen and oxygen atoms in total. The Bertz CT molecular complexity index is 1380. The number of hydrogen-bond donors (Lipinski definition) is 7. The molecule has 0 radical (unpaired) electrons. The summed E-state index contributed by atoms with van der Waals surface area (Å²) in [5.41, 5.74) is 1.84. The molecule has 13 heteroatoms. The second-order valence-corrected chi connectivity index (χ2v) is 17.9. The lowest BCUT2D eigenvalue weighted by atomic mass is 9.46. The fourth-order valence-corrected chi connectivity index (χ4v) is 12.5. The molecular weight excluding hydrogens is 676 g/mol. The van der Waals surface area contributed by atoms with E-state index in [1.165, 1.54) is 6.92 Å². The summed E-state index contributed by atoms with van der Waals surface area (Å²) < 4.78 is 38.0. The molecule has 7 fully saturated rings. The number of allylic oxidation sites excluding steroid dienone is 1. The third-order valence-electron chi connectivity index (χ3n) is 15.4. The van der Waals surface area contributed by atoms with Crippen LogP contribution in [0.4, 0.5) is 0 Å². The lowest BCUT2D eigenvalue weighted by Crippen LogP contribution is -2.65. The molecule has 21 atom stereocenters. The van der Waals surface area contributed by atoms with Crippen molar-refractivity contribution in [2.24, 2.45) is 40.4 Å². The van der Waals surface area contributed by atoms with Crippen molar-refractivity contribution in [2.75, 3.05) is 13.2 Å². The van der Waals surface area contributed by atoms with E-state index in [0.717, 1.165) is 49.7 Å². The van der Waals surface area contributed by atoms with Crippen LogP contribution in [-0.4, -0.2) is 134 Å². The number of aliphatic hydroxyl groups is 7. The molecule has 3 saturated carbocycles. The third kappa shape index (κ3) is 5.67. The van der Waals surface area contributed by atoms with E-state index in [2.05, 4.69) is 33.4 Å². The highest BCUT2D eigenvalue weighted by molar-refractivity contribution is 5.29. The molecule has 7 N–H and O–H groups in total. The molecule has 52 heavy (non-hydrogen) atoms. The predicted octanol–water partition coefficient (Wildman–Crippen LogP) is 1.28. The molecule has 4 saturated heterocycles. The summed E-state index contributed by atoms with van der Waals surface area (Å²) in [5, 5.41) is 74.9. The van der Waals surface area contributed by atoms with Crippen LogP contribution in [0.5, 0.6) is 0 Å². The van der Waals surface area contributed by atoms with Crippen LogP contribution in [0.1, 0.15) is 79.1 Å². The van der Waals surface area contributed by atoms with Gasteiger partial charge in [0.25, 0.3) is 0 Å². The van der Waals surface area contributed by atoms with E-state index in [-0.39, 0.29) is 23.4 Å². The first-order chi connectivity index (χ1) is 24.6. The second-order valence-electron chi connectivity index (χ2n) is 17.9. The molecule has 0 aromatic carbocycles. The summed E-state index contributed by atoms with van der Waals surface area (Å²) in [6.45, 7) is 12.6. The molecule has 8 rings (SSSR count). The van der Waals surface area contributed by atoms with E-state index in [4.69, 9.17) is 28.4 Å². The molecule has 0 bridgehead atoms. The zero-order valence-electron chi connectivity index (χ0n) is 30.8. The molecule has 4 aliphatic carbocycles. The first-order valence-corrected chi connectivity index (χ1v) is 19.6. The Kier molecular flexibility index (Phi) is 9.88. The molecule has 0 aromatic rings. The number of rotatable bonds is 5. The highest BCUT2D eigenvalue weighted by atomic mass is 16.8. The molecule has 0 aromatic heterocycles. The van der Waals surface area contributed by atoms with Crippen molar-refractivity contribution in [2.45, 2.75) is 165 Å². The molecule has 4 aliphatic heterocycles. The SMILES string of the molecule is C=C1CC[C@@]2(OC1)O[C@H]1C[C@H]3[C@@H]4CC=C5C[C@@H](O)C[C@@H](O[C@@H]6O[C@H](CO)[C@H](O)[C@H](O)[C@H]6O[C@@H]6O[C@@H](C)[C@H](O)[C@@H](O)[C@H]6O)[C@]5(C)[C@H]4CC[C@]3(C)[C@H]1[C@@H]2C. The van der Waals surface area contributed by atoms with Gasteiger partial charge in [-0.1, -0.05) is 44.6 Å². The van der Waals surface area contributed by atoms with Gasteiger partial charge >= 0.3 is 0 Å². The van der Waals surface area contributed by atoms with Crippen LogP contribution >= 0.6 is 0 Å².